The first kappa shape index (κ1) is 13.3. The normalized spacial score (nSPS) is 10.4. The topological polar surface area (TPSA) is 53.0 Å². The summed E-state index contributed by atoms with van der Waals surface area (Å²) in [6.07, 6.45) is 2.68. The number of hydrogen-bond acceptors (Lipinski definition) is 2. The van der Waals surface area contributed by atoms with E-state index >= 15 is 0 Å². The molecule has 2 rings (SSSR count). The van der Waals surface area contributed by atoms with Gasteiger partial charge in [0.05, 0.1) is 6.42 Å². The third kappa shape index (κ3) is 2.99. The minimum absolute atomic E-state index is 0.0506. The number of carbonyl (C=O) groups excluding carboxylic acids is 1. The standard InChI is InChI=1S/C16H18N2O/c1-2-9-18-16(19)10-12-7-8-13(11-17)15-6-4-3-5-14(12)15/h3-8,11,17H,2,9-10H2,1H3,(H,18,19). The van der Waals surface area contributed by atoms with Gasteiger partial charge in [-0.1, -0.05) is 43.3 Å². The molecule has 0 aliphatic heterocycles. The summed E-state index contributed by atoms with van der Waals surface area (Å²) in [4.78, 5) is 11.8. The Morgan fingerprint density at radius 1 is 1.21 bits per heavy atom. The van der Waals surface area contributed by atoms with E-state index in [0.29, 0.717) is 6.42 Å². The first-order chi connectivity index (χ1) is 9.26. The molecule has 2 N–H and O–H groups in total. The van der Waals surface area contributed by atoms with E-state index in [-0.39, 0.29) is 5.91 Å². The van der Waals surface area contributed by atoms with Crippen LogP contribution in [0.25, 0.3) is 10.8 Å². The molecule has 0 spiro atoms. The predicted molar refractivity (Wildman–Crippen MR) is 78.8 cm³/mol. The molecule has 0 aliphatic carbocycles. The third-order valence-electron chi connectivity index (χ3n) is 3.13. The van der Waals surface area contributed by atoms with E-state index in [4.69, 9.17) is 5.41 Å². The summed E-state index contributed by atoms with van der Waals surface area (Å²) < 4.78 is 0. The predicted octanol–water partition coefficient (Wildman–Crippen LogP) is 2.91. The van der Waals surface area contributed by atoms with Crippen LogP contribution in [0.2, 0.25) is 0 Å². The zero-order chi connectivity index (χ0) is 13.7. The fourth-order valence-electron chi connectivity index (χ4n) is 2.16. The quantitative estimate of drug-likeness (QED) is 0.792. The average molecular weight is 254 g/mol. The zero-order valence-corrected chi connectivity index (χ0v) is 11.1. The lowest BCUT2D eigenvalue weighted by molar-refractivity contribution is -0.120. The fraction of sp³-hybridized carbons (Fsp3) is 0.250. The Bertz CT molecular complexity index is 605. The molecule has 98 valence electrons. The van der Waals surface area contributed by atoms with Crippen LogP contribution < -0.4 is 5.32 Å². The average Bonchev–Trinajstić information content (AvgIpc) is 2.45. The van der Waals surface area contributed by atoms with Gasteiger partial charge >= 0.3 is 0 Å². The van der Waals surface area contributed by atoms with Gasteiger partial charge in [-0.05, 0) is 28.3 Å². The SMILES string of the molecule is CCCNC(=O)Cc1ccc(C=N)c2ccccc12. The van der Waals surface area contributed by atoms with Crippen LogP contribution in [0.5, 0.6) is 0 Å². The smallest absolute Gasteiger partial charge is 0.224 e. The fourth-order valence-corrected chi connectivity index (χ4v) is 2.16. The van der Waals surface area contributed by atoms with Crippen molar-refractivity contribution in [3.05, 3.63) is 47.5 Å². The van der Waals surface area contributed by atoms with Crippen molar-refractivity contribution in [2.24, 2.45) is 0 Å². The summed E-state index contributed by atoms with van der Waals surface area (Å²) in [5.74, 6) is 0.0506. The first-order valence-corrected chi connectivity index (χ1v) is 6.54. The minimum Gasteiger partial charge on any atom is -0.356 e. The van der Waals surface area contributed by atoms with Crippen LogP contribution in [0.4, 0.5) is 0 Å². The maximum absolute atomic E-state index is 11.8. The Balaban J connectivity index is 2.34. The van der Waals surface area contributed by atoms with Gasteiger partial charge in [0.1, 0.15) is 0 Å². The molecule has 0 fully saturated rings. The van der Waals surface area contributed by atoms with Gasteiger partial charge in [-0.3, -0.25) is 4.79 Å². The maximum Gasteiger partial charge on any atom is 0.224 e. The second kappa shape index (κ2) is 6.14. The number of amides is 1. The molecule has 3 nitrogen and oxygen atoms in total. The van der Waals surface area contributed by atoms with Crippen molar-refractivity contribution in [2.45, 2.75) is 19.8 Å². The van der Waals surface area contributed by atoms with Crippen LogP contribution >= 0.6 is 0 Å². The number of carbonyl (C=O) groups is 1. The van der Waals surface area contributed by atoms with Gasteiger partial charge in [-0.2, -0.15) is 0 Å². The van der Waals surface area contributed by atoms with Crippen molar-refractivity contribution >= 4 is 22.9 Å². The van der Waals surface area contributed by atoms with E-state index in [1.807, 2.05) is 43.3 Å². The molecule has 0 saturated carbocycles. The largest absolute Gasteiger partial charge is 0.356 e. The van der Waals surface area contributed by atoms with E-state index in [0.717, 1.165) is 34.9 Å². The molecule has 0 radical (unpaired) electrons. The van der Waals surface area contributed by atoms with E-state index in [1.54, 1.807) is 0 Å². The number of nitrogens with one attached hydrogen (secondary N) is 2. The van der Waals surface area contributed by atoms with E-state index in [9.17, 15) is 4.79 Å². The Hall–Kier alpha value is -2.16. The number of hydrogen-bond donors (Lipinski definition) is 2. The number of rotatable bonds is 5. The van der Waals surface area contributed by atoms with Crippen molar-refractivity contribution in [1.82, 2.24) is 5.32 Å². The molecule has 19 heavy (non-hydrogen) atoms. The van der Waals surface area contributed by atoms with Crippen molar-refractivity contribution in [2.75, 3.05) is 6.54 Å². The summed E-state index contributed by atoms with van der Waals surface area (Å²) in [6, 6.07) is 11.7. The lowest BCUT2D eigenvalue weighted by Crippen LogP contribution is -2.25. The molecule has 2 aromatic carbocycles. The minimum atomic E-state index is 0.0506. The number of fused-ring (bicyclic) bond motifs is 1. The molecule has 3 heteroatoms. The summed E-state index contributed by atoms with van der Waals surface area (Å²) >= 11 is 0. The highest BCUT2D eigenvalue weighted by Crippen LogP contribution is 2.22. The van der Waals surface area contributed by atoms with Gasteiger partial charge in [0.2, 0.25) is 5.91 Å². The van der Waals surface area contributed by atoms with E-state index in [2.05, 4.69) is 5.32 Å². The summed E-state index contributed by atoms with van der Waals surface area (Å²) in [6.45, 7) is 2.75. The highest BCUT2D eigenvalue weighted by Gasteiger charge is 2.08. The Kier molecular flexibility index (Phi) is 4.29. The van der Waals surface area contributed by atoms with Crippen molar-refractivity contribution < 1.29 is 4.79 Å². The molecule has 0 saturated heterocycles. The second-order valence-corrected chi connectivity index (χ2v) is 4.53. The number of benzene rings is 2. The van der Waals surface area contributed by atoms with Gasteiger partial charge in [0, 0.05) is 12.8 Å². The van der Waals surface area contributed by atoms with E-state index in [1.165, 1.54) is 6.21 Å². The molecular formula is C16H18N2O. The summed E-state index contributed by atoms with van der Waals surface area (Å²) in [5, 5.41) is 12.4. The van der Waals surface area contributed by atoms with Gasteiger partial charge in [0.15, 0.2) is 0 Å². The molecule has 1 amide bonds. The molecule has 0 aromatic heterocycles. The third-order valence-corrected chi connectivity index (χ3v) is 3.13. The van der Waals surface area contributed by atoms with Crippen LogP contribution in [0.3, 0.4) is 0 Å². The highest BCUT2D eigenvalue weighted by atomic mass is 16.1. The van der Waals surface area contributed by atoms with Crippen molar-refractivity contribution in [3.63, 3.8) is 0 Å². The van der Waals surface area contributed by atoms with Gasteiger partial charge in [-0.25, -0.2) is 0 Å². The van der Waals surface area contributed by atoms with Crippen molar-refractivity contribution in [3.8, 4) is 0 Å². The van der Waals surface area contributed by atoms with Crippen LogP contribution in [-0.2, 0) is 11.2 Å². The van der Waals surface area contributed by atoms with Crippen molar-refractivity contribution in [1.29, 1.82) is 5.41 Å². The van der Waals surface area contributed by atoms with Crippen LogP contribution in [0, 0.1) is 5.41 Å². The summed E-state index contributed by atoms with van der Waals surface area (Å²) in [5.41, 5.74) is 1.89. The summed E-state index contributed by atoms with van der Waals surface area (Å²) in [7, 11) is 0. The maximum atomic E-state index is 11.8. The molecule has 0 atom stereocenters. The first-order valence-electron chi connectivity index (χ1n) is 6.54. The Morgan fingerprint density at radius 3 is 2.63 bits per heavy atom. The molecule has 0 aliphatic rings. The Labute approximate surface area is 113 Å². The monoisotopic (exact) mass is 254 g/mol. The molecular weight excluding hydrogens is 236 g/mol. The Morgan fingerprint density at radius 2 is 1.95 bits per heavy atom. The highest BCUT2D eigenvalue weighted by molar-refractivity contribution is 6.01. The molecule has 0 heterocycles. The van der Waals surface area contributed by atoms with Gasteiger partial charge in [-0.15, -0.1) is 0 Å². The van der Waals surface area contributed by atoms with Gasteiger partial charge in [0.25, 0.3) is 0 Å². The van der Waals surface area contributed by atoms with Gasteiger partial charge < -0.3 is 10.7 Å². The van der Waals surface area contributed by atoms with Crippen LogP contribution in [-0.4, -0.2) is 18.7 Å². The second-order valence-electron chi connectivity index (χ2n) is 4.53. The van der Waals surface area contributed by atoms with Crippen LogP contribution in [0.1, 0.15) is 24.5 Å². The molecule has 2 aromatic rings. The lowest BCUT2D eigenvalue weighted by atomic mass is 9.98. The van der Waals surface area contributed by atoms with E-state index < -0.39 is 0 Å². The lowest BCUT2D eigenvalue weighted by Gasteiger charge is -2.09. The molecule has 0 unspecified atom stereocenters. The molecule has 0 bridgehead atoms. The van der Waals surface area contributed by atoms with Crippen LogP contribution in [0.15, 0.2) is 36.4 Å². The zero-order valence-electron chi connectivity index (χ0n) is 11.1.